The summed E-state index contributed by atoms with van der Waals surface area (Å²) in [7, 11) is -3.80. The van der Waals surface area contributed by atoms with E-state index in [9.17, 15) is 8.42 Å². The van der Waals surface area contributed by atoms with E-state index in [0.717, 1.165) is 12.8 Å². The number of hydrogen-bond donors (Lipinski definition) is 2. The summed E-state index contributed by atoms with van der Waals surface area (Å²) in [5.74, 6) is 1.59. The third-order valence-electron chi connectivity index (χ3n) is 3.44. The van der Waals surface area contributed by atoms with Gasteiger partial charge in [-0.2, -0.15) is 10.1 Å². The Hall–Kier alpha value is -2.46. The second-order valence-corrected chi connectivity index (χ2v) is 6.93. The minimum Gasteiger partial charge on any atom is -0.442 e. The molecule has 0 aliphatic heterocycles. The molecule has 9 nitrogen and oxygen atoms in total. The summed E-state index contributed by atoms with van der Waals surface area (Å²) in [6, 6.07) is 4.62. The highest BCUT2D eigenvalue weighted by Crippen LogP contribution is 2.38. The van der Waals surface area contributed by atoms with Crippen LogP contribution in [0.2, 0.25) is 0 Å². The predicted octanol–water partition coefficient (Wildman–Crippen LogP) is 1.41. The monoisotopic (exact) mass is 335 g/mol. The van der Waals surface area contributed by atoms with Crippen molar-refractivity contribution in [3.05, 3.63) is 36.1 Å². The van der Waals surface area contributed by atoms with Gasteiger partial charge in [-0.1, -0.05) is 5.16 Å². The summed E-state index contributed by atoms with van der Waals surface area (Å²) in [6.45, 7) is -0.0569. The molecule has 0 amide bonds. The number of nitrogens with zero attached hydrogens (tertiary/aromatic N) is 3. The number of nitrogens with one attached hydrogen (secondary N) is 2. The van der Waals surface area contributed by atoms with Crippen molar-refractivity contribution in [1.82, 2.24) is 25.1 Å². The summed E-state index contributed by atoms with van der Waals surface area (Å²) in [5.41, 5.74) is 0.596. The molecular weight excluding hydrogens is 322 g/mol. The van der Waals surface area contributed by atoms with Gasteiger partial charge in [-0.15, -0.1) is 0 Å². The van der Waals surface area contributed by atoms with Gasteiger partial charge in [-0.25, -0.2) is 13.1 Å². The Kier molecular flexibility index (Phi) is 3.27. The van der Waals surface area contributed by atoms with E-state index in [1.54, 1.807) is 18.3 Å². The average Bonchev–Trinajstić information content (AvgIpc) is 3.03. The smallest absolute Gasteiger partial charge is 0.274 e. The van der Waals surface area contributed by atoms with Gasteiger partial charge in [0.15, 0.2) is 11.6 Å². The molecule has 3 heterocycles. The van der Waals surface area contributed by atoms with Crippen molar-refractivity contribution < 1.29 is 17.4 Å². The number of sulfonamides is 1. The maximum atomic E-state index is 12.2. The lowest BCUT2D eigenvalue weighted by Crippen LogP contribution is -2.23. The first kappa shape index (κ1) is 14.2. The highest BCUT2D eigenvalue weighted by molar-refractivity contribution is 7.89. The van der Waals surface area contributed by atoms with Crippen molar-refractivity contribution >= 4 is 10.0 Å². The van der Waals surface area contributed by atoms with E-state index in [4.69, 9.17) is 8.94 Å². The van der Waals surface area contributed by atoms with Gasteiger partial charge in [-0.3, -0.25) is 5.10 Å². The molecule has 1 aliphatic carbocycles. The molecular formula is C13H13N5O4S. The van der Waals surface area contributed by atoms with Crippen LogP contribution in [0.25, 0.3) is 11.5 Å². The Labute approximate surface area is 131 Å². The zero-order valence-electron chi connectivity index (χ0n) is 11.9. The molecule has 0 radical (unpaired) electrons. The topological polar surface area (TPSA) is 127 Å². The molecule has 23 heavy (non-hydrogen) atoms. The Morgan fingerprint density at radius 3 is 2.91 bits per heavy atom. The number of furan rings is 1. The van der Waals surface area contributed by atoms with Gasteiger partial charge in [0.1, 0.15) is 5.69 Å². The van der Waals surface area contributed by atoms with E-state index in [1.165, 1.54) is 6.07 Å². The summed E-state index contributed by atoms with van der Waals surface area (Å²) >= 11 is 0. The molecule has 1 saturated carbocycles. The van der Waals surface area contributed by atoms with E-state index in [1.807, 2.05) is 0 Å². The minimum absolute atomic E-state index is 0.0569. The van der Waals surface area contributed by atoms with E-state index in [-0.39, 0.29) is 11.6 Å². The fraction of sp³-hybridized carbons (Fsp3) is 0.308. The number of hydrogen-bond acceptors (Lipinski definition) is 7. The van der Waals surface area contributed by atoms with Crippen LogP contribution >= 0.6 is 0 Å². The Morgan fingerprint density at radius 2 is 2.17 bits per heavy atom. The van der Waals surface area contributed by atoms with E-state index < -0.39 is 10.0 Å². The summed E-state index contributed by atoms with van der Waals surface area (Å²) < 4.78 is 37.3. The van der Waals surface area contributed by atoms with Gasteiger partial charge in [-0.05, 0) is 31.0 Å². The van der Waals surface area contributed by atoms with Gasteiger partial charge < -0.3 is 8.94 Å². The molecule has 1 fully saturated rings. The molecule has 0 atom stereocenters. The lowest BCUT2D eigenvalue weighted by molar-refractivity contribution is 0.373. The van der Waals surface area contributed by atoms with Crippen LogP contribution in [-0.4, -0.2) is 28.8 Å². The van der Waals surface area contributed by atoms with Gasteiger partial charge in [0.25, 0.3) is 10.0 Å². The molecule has 1 aliphatic rings. The van der Waals surface area contributed by atoms with Crippen LogP contribution in [0.5, 0.6) is 0 Å². The quantitative estimate of drug-likeness (QED) is 0.697. The fourth-order valence-electron chi connectivity index (χ4n) is 2.07. The summed E-state index contributed by atoms with van der Waals surface area (Å²) in [6.07, 6.45) is 3.63. The third kappa shape index (κ3) is 2.90. The number of aromatic nitrogens is 4. The van der Waals surface area contributed by atoms with Crippen LogP contribution in [0.1, 0.15) is 30.5 Å². The first-order chi connectivity index (χ1) is 11.1. The Morgan fingerprint density at radius 1 is 1.30 bits per heavy atom. The van der Waals surface area contributed by atoms with Crippen LogP contribution in [0.3, 0.4) is 0 Å². The molecule has 120 valence electrons. The Bertz CT molecular complexity index is 908. The van der Waals surface area contributed by atoms with Crippen molar-refractivity contribution in [1.29, 1.82) is 0 Å². The Balaban J connectivity index is 1.46. The first-order valence-corrected chi connectivity index (χ1v) is 8.52. The minimum atomic E-state index is -3.80. The standard InChI is InChI=1S/C13H13N5O4S/c19-23(20,12-4-3-10(21-12)9-5-6-14-17-9)15-7-11-16-13(22-18-11)8-1-2-8/h3-6,8,15H,1-2,7H2,(H,14,17). The van der Waals surface area contributed by atoms with Crippen LogP contribution in [-0.2, 0) is 16.6 Å². The van der Waals surface area contributed by atoms with E-state index in [2.05, 4.69) is 25.1 Å². The maximum Gasteiger partial charge on any atom is 0.274 e. The molecule has 3 aromatic rings. The normalized spacial score (nSPS) is 15.1. The number of H-pyrrole nitrogens is 1. The molecule has 2 N–H and O–H groups in total. The molecule has 4 rings (SSSR count). The van der Waals surface area contributed by atoms with Crippen LogP contribution in [0.15, 0.2) is 38.4 Å². The lowest BCUT2D eigenvalue weighted by Gasteiger charge is -2.00. The highest BCUT2D eigenvalue weighted by Gasteiger charge is 2.30. The molecule has 3 aromatic heterocycles. The highest BCUT2D eigenvalue weighted by atomic mass is 32.2. The largest absolute Gasteiger partial charge is 0.442 e. The second kappa shape index (κ2) is 5.32. The molecule has 0 unspecified atom stereocenters. The predicted molar refractivity (Wildman–Crippen MR) is 76.6 cm³/mol. The van der Waals surface area contributed by atoms with Crippen molar-refractivity contribution in [3.8, 4) is 11.5 Å². The number of rotatable bonds is 6. The zero-order valence-corrected chi connectivity index (χ0v) is 12.7. The molecule has 0 saturated heterocycles. The van der Waals surface area contributed by atoms with Crippen molar-refractivity contribution in [2.45, 2.75) is 30.4 Å². The molecule has 0 aromatic carbocycles. The van der Waals surface area contributed by atoms with Crippen LogP contribution in [0.4, 0.5) is 0 Å². The van der Waals surface area contributed by atoms with E-state index >= 15 is 0 Å². The number of aromatic amines is 1. The summed E-state index contributed by atoms with van der Waals surface area (Å²) in [4.78, 5) is 4.17. The first-order valence-electron chi connectivity index (χ1n) is 7.03. The third-order valence-corrected chi connectivity index (χ3v) is 4.72. The van der Waals surface area contributed by atoms with Gasteiger partial charge in [0.05, 0.1) is 6.54 Å². The molecule has 10 heteroatoms. The van der Waals surface area contributed by atoms with Crippen molar-refractivity contribution in [2.24, 2.45) is 0 Å². The van der Waals surface area contributed by atoms with Gasteiger partial charge in [0, 0.05) is 12.1 Å². The summed E-state index contributed by atoms with van der Waals surface area (Å²) in [5, 5.41) is 10.1. The molecule has 0 bridgehead atoms. The van der Waals surface area contributed by atoms with Crippen molar-refractivity contribution in [2.75, 3.05) is 0 Å². The average molecular weight is 335 g/mol. The van der Waals surface area contributed by atoms with E-state index in [0.29, 0.717) is 29.1 Å². The van der Waals surface area contributed by atoms with Gasteiger partial charge in [0.2, 0.25) is 11.0 Å². The maximum absolute atomic E-state index is 12.2. The SMILES string of the molecule is O=S(=O)(NCc1noc(C2CC2)n1)c1ccc(-c2ccn[nH]2)o1. The molecule has 0 spiro atoms. The second-order valence-electron chi connectivity index (χ2n) is 5.24. The lowest BCUT2D eigenvalue weighted by atomic mass is 10.3. The van der Waals surface area contributed by atoms with Crippen molar-refractivity contribution in [3.63, 3.8) is 0 Å². The van der Waals surface area contributed by atoms with Gasteiger partial charge >= 0.3 is 0 Å². The zero-order chi connectivity index (χ0) is 15.9. The fourth-order valence-corrected chi connectivity index (χ4v) is 2.98. The van der Waals surface area contributed by atoms with Crippen LogP contribution < -0.4 is 4.72 Å². The van der Waals surface area contributed by atoms with Crippen LogP contribution in [0, 0.1) is 0 Å².